The summed E-state index contributed by atoms with van der Waals surface area (Å²) in [5.41, 5.74) is 0. The van der Waals surface area contributed by atoms with Gasteiger partial charge in [0.2, 0.25) is 5.91 Å². The third-order valence-corrected chi connectivity index (χ3v) is 2.94. The summed E-state index contributed by atoms with van der Waals surface area (Å²) in [5.74, 6) is -2.93. The molecule has 6 nitrogen and oxygen atoms in total. The molecule has 96 valence electrons. The molecule has 0 saturated heterocycles. The van der Waals surface area contributed by atoms with Gasteiger partial charge in [-0.25, -0.2) is 0 Å². The summed E-state index contributed by atoms with van der Waals surface area (Å²) < 4.78 is 0. The number of nitrogens with zero attached hydrogens (tertiary/aromatic N) is 1. The Hall–Kier alpha value is -1.59. The van der Waals surface area contributed by atoms with Crippen molar-refractivity contribution in [1.82, 2.24) is 4.90 Å². The van der Waals surface area contributed by atoms with Crippen LogP contribution in [-0.2, 0) is 14.4 Å². The molecule has 0 spiro atoms. The number of rotatable bonds is 5. The Bertz CT molecular complexity index is 309. The van der Waals surface area contributed by atoms with Gasteiger partial charge < -0.3 is 15.1 Å². The highest BCUT2D eigenvalue weighted by Gasteiger charge is 2.28. The fraction of sp³-hybridized carbons (Fsp3) is 0.727. The number of amides is 1. The van der Waals surface area contributed by atoms with E-state index < -0.39 is 30.8 Å². The summed E-state index contributed by atoms with van der Waals surface area (Å²) in [5, 5.41) is 17.3. The first-order chi connectivity index (χ1) is 8.00. The second-order valence-corrected chi connectivity index (χ2v) is 4.28. The standard InChI is InChI=1S/C11H17NO5/c13-9(6-10(14)15)12(7-11(16)17)8-4-2-1-3-5-8/h8H,1-7H2,(H,14,15)(H,16,17). The summed E-state index contributed by atoms with van der Waals surface area (Å²) in [7, 11) is 0. The minimum absolute atomic E-state index is 0.119. The fourth-order valence-corrected chi connectivity index (χ4v) is 2.19. The molecule has 0 aromatic rings. The monoisotopic (exact) mass is 243 g/mol. The molecule has 0 bridgehead atoms. The molecular weight excluding hydrogens is 226 g/mol. The van der Waals surface area contributed by atoms with E-state index in [9.17, 15) is 14.4 Å². The van der Waals surface area contributed by atoms with Crippen molar-refractivity contribution in [3.8, 4) is 0 Å². The van der Waals surface area contributed by atoms with Crippen molar-refractivity contribution in [2.24, 2.45) is 0 Å². The second-order valence-electron chi connectivity index (χ2n) is 4.28. The first kappa shape index (κ1) is 13.5. The van der Waals surface area contributed by atoms with E-state index in [1.165, 1.54) is 4.90 Å². The summed E-state index contributed by atoms with van der Waals surface area (Å²) in [6.07, 6.45) is 3.90. The molecule has 17 heavy (non-hydrogen) atoms. The number of carboxylic acids is 2. The van der Waals surface area contributed by atoms with Crippen molar-refractivity contribution < 1.29 is 24.6 Å². The van der Waals surface area contributed by atoms with Gasteiger partial charge in [0.1, 0.15) is 13.0 Å². The zero-order chi connectivity index (χ0) is 12.8. The molecule has 0 radical (unpaired) electrons. The lowest BCUT2D eigenvalue weighted by Gasteiger charge is -2.33. The van der Waals surface area contributed by atoms with Crippen LogP contribution in [0.4, 0.5) is 0 Å². The smallest absolute Gasteiger partial charge is 0.323 e. The highest BCUT2D eigenvalue weighted by atomic mass is 16.4. The molecule has 0 aliphatic heterocycles. The third kappa shape index (κ3) is 4.42. The highest BCUT2D eigenvalue weighted by Crippen LogP contribution is 2.23. The number of carbonyl (C=O) groups is 3. The van der Waals surface area contributed by atoms with Crippen LogP contribution in [0, 0.1) is 0 Å². The average Bonchev–Trinajstić information content (AvgIpc) is 2.25. The summed E-state index contributed by atoms with van der Waals surface area (Å²) in [6, 6.07) is -0.119. The number of carbonyl (C=O) groups excluding carboxylic acids is 1. The van der Waals surface area contributed by atoms with Crippen LogP contribution < -0.4 is 0 Å². The average molecular weight is 243 g/mol. The normalized spacial score (nSPS) is 16.5. The molecule has 0 atom stereocenters. The number of carboxylic acid groups (broad SMARTS) is 2. The van der Waals surface area contributed by atoms with Gasteiger partial charge in [-0.05, 0) is 12.8 Å². The Morgan fingerprint density at radius 1 is 1.00 bits per heavy atom. The summed E-state index contributed by atoms with van der Waals surface area (Å²) in [4.78, 5) is 34.1. The van der Waals surface area contributed by atoms with Crippen molar-refractivity contribution in [3.05, 3.63) is 0 Å². The van der Waals surface area contributed by atoms with Crippen molar-refractivity contribution in [2.45, 2.75) is 44.6 Å². The maximum atomic E-state index is 11.7. The molecule has 1 aliphatic carbocycles. The maximum Gasteiger partial charge on any atom is 0.323 e. The van der Waals surface area contributed by atoms with Crippen LogP contribution in [0.5, 0.6) is 0 Å². The topological polar surface area (TPSA) is 94.9 Å². The van der Waals surface area contributed by atoms with E-state index in [0.717, 1.165) is 32.1 Å². The van der Waals surface area contributed by atoms with Crippen LogP contribution >= 0.6 is 0 Å². The molecule has 1 rings (SSSR count). The fourth-order valence-electron chi connectivity index (χ4n) is 2.19. The minimum atomic E-state index is -1.22. The molecule has 0 unspecified atom stereocenters. The van der Waals surface area contributed by atoms with Crippen LogP contribution in [-0.4, -0.2) is 45.5 Å². The minimum Gasteiger partial charge on any atom is -0.481 e. The quantitative estimate of drug-likeness (QED) is 0.693. The molecule has 0 aromatic heterocycles. The van der Waals surface area contributed by atoms with Gasteiger partial charge in [-0.1, -0.05) is 19.3 Å². The van der Waals surface area contributed by atoms with Gasteiger partial charge in [0, 0.05) is 6.04 Å². The van der Waals surface area contributed by atoms with Crippen molar-refractivity contribution in [2.75, 3.05) is 6.54 Å². The molecule has 0 heterocycles. The van der Waals surface area contributed by atoms with Gasteiger partial charge in [0.05, 0.1) is 0 Å². The van der Waals surface area contributed by atoms with Crippen LogP contribution in [0.3, 0.4) is 0 Å². The van der Waals surface area contributed by atoms with Gasteiger partial charge in [0.25, 0.3) is 0 Å². The van der Waals surface area contributed by atoms with Crippen LogP contribution in [0.25, 0.3) is 0 Å². The van der Waals surface area contributed by atoms with E-state index in [0.29, 0.717) is 0 Å². The van der Waals surface area contributed by atoms with E-state index >= 15 is 0 Å². The molecular formula is C11H17NO5. The molecule has 2 N–H and O–H groups in total. The second kappa shape index (κ2) is 6.22. The Kier molecular flexibility index (Phi) is 4.93. The van der Waals surface area contributed by atoms with E-state index in [1.54, 1.807) is 0 Å². The van der Waals surface area contributed by atoms with Crippen LogP contribution in [0.15, 0.2) is 0 Å². The van der Waals surface area contributed by atoms with E-state index in [1.807, 2.05) is 0 Å². The van der Waals surface area contributed by atoms with Crippen LogP contribution in [0.2, 0.25) is 0 Å². The first-order valence-electron chi connectivity index (χ1n) is 5.73. The van der Waals surface area contributed by atoms with Crippen molar-refractivity contribution in [1.29, 1.82) is 0 Å². The lowest BCUT2D eigenvalue weighted by molar-refractivity contribution is -0.151. The van der Waals surface area contributed by atoms with Gasteiger partial charge in [-0.2, -0.15) is 0 Å². The molecule has 6 heteroatoms. The predicted molar refractivity (Wildman–Crippen MR) is 58.5 cm³/mol. The van der Waals surface area contributed by atoms with Gasteiger partial charge in [-0.3, -0.25) is 14.4 Å². The predicted octanol–water partition coefficient (Wildman–Crippen LogP) is 0.707. The van der Waals surface area contributed by atoms with Gasteiger partial charge in [-0.15, -0.1) is 0 Å². The Morgan fingerprint density at radius 3 is 2.06 bits per heavy atom. The molecule has 1 aliphatic rings. The van der Waals surface area contributed by atoms with Gasteiger partial charge in [0.15, 0.2) is 0 Å². The number of hydrogen-bond donors (Lipinski definition) is 2. The summed E-state index contributed by atoms with van der Waals surface area (Å²) in [6.45, 7) is -0.406. The lowest BCUT2D eigenvalue weighted by Crippen LogP contribution is -2.45. The third-order valence-electron chi connectivity index (χ3n) is 2.94. The van der Waals surface area contributed by atoms with Gasteiger partial charge >= 0.3 is 11.9 Å². The van der Waals surface area contributed by atoms with Crippen LogP contribution in [0.1, 0.15) is 38.5 Å². The molecule has 1 fully saturated rings. The summed E-state index contributed by atoms with van der Waals surface area (Å²) >= 11 is 0. The Labute approximate surface area is 99.2 Å². The Morgan fingerprint density at radius 2 is 1.59 bits per heavy atom. The van der Waals surface area contributed by atoms with E-state index in [4.69, 9.17) is 10.2 Å². The number of aliphatic carboxylic acids is 2. The SMILES string of the molecule is O=C(O)CC(=O)N(CC(=O)O)C1CCCCC1. The van der Waals surface area contributed by atoms with Crippen molar-refractivity contribution >= 4 is 17.8 Å². The van der Waals surface area contributed by atoms with Crippen molar-refractivity contribution in [3.63, 3.8) is 0 Å². The van der Waals surface area contributed by atoms with E-state index in [2.05, 4.69) is 0 Å². The molecule has 0 aromatic carbocycles. The number of hydrogen-bond acceptors (Lipinski definition) is 3. The first-order valence-corrected chi connectivity index (χ1v) is 5.73. The largest absolute Gasteiger partial charge is 0.481 e. The lowest BCUT2D eigenvalue weighted by atomic mass is 9.94. The van der Waals surface area contributed by atoms with E-state index in [-0.39, 0.29) is 6.04 Å². The zero-order valence-corrected chi connectivity index (χ0v) is 9.59. The zero-order valence-electron chi connectivity index (χ0n) is 9.59. The molecule has 1 saturated carbocycles. The highest BCUT2D eigenvalue weighted by molar-refractivity contribution is 5.94. The maximum absolute atomic E-state index is 11.7. The molecule has 1 amide bonds. The Balaban J connectivity index is 2.67.